The minimum Gasteiger partial charge on any atom is -0.444 e. The van der Waals surface area contributed by atoms with Gasteiger partial charge in [-0.1, -0.05) is 12.1 Å². The van der Waals surface area contributed by atoms with E-state index in [1.54, 1.807) is 35.5 Å². The largest absolute Gasteiger partial charge is 0.444 e. The molecule has 2 heterocycles. The number of sulfonamides is 1. The molecule has 2 fully saturated rings. The summed E-state index contributed by atoms with van der Waals surface area (Å²) in [6.45, 7) is 8.62. The molecule has 1 aromatic carbocycles. The number of aromatic nitrogens is 1. The van der Waals surface area contributed by atoms with Crippen LogP contribution in [0.3, 0.4) is 0 Å². The lowest BCUT2D eigenvalue weighted by atomic mass is 10.2. The van der Waals surface area contributed by atoms with E-state index < -0.39 is 21.2 Å². The summed E-state index contributed by atoms with van der Waals surface area (Å²) < 4.78 is 34.0. The van der Waals surface area contributed by atoms with Gasteiger partial charge in [-0.25, -0.2) is 13.2 Å². The number of fused-ring (bicyclic) bond motifs is 2. The van der Waals surface area contributed by atoms with Gasteiger partial charge in [-0.2, -0.15) is 4.31 Å². The number of carbonyl (C=O) groups excluding carboxylic acids is 1. The molecule has 8 heteroatoms. The molecule has 1 aliphatic carbocycles. The number of carbonyl (C=O) groups is 1. The van der Waals surface area contributed by atoms with Gasteiger partial charge >= 0.3 is 6.09 Å². The first-order valence-electron chi connectivity index (χ1n) is 9.92. The Kier molecular flexibility index (Phi) is 4.62. The highest BCUT2D eigenvalue weighted by atomic mass is 32.2. The third-order valence-corrected chi connectivity index (χ3v) is 7.67. The second-order valence-electron chi connectivity index (χ2n) is 8.88. The van der Waals surface area contributed by atoms with E-state index in [1.807, 2.05) is 33.8 Å². The van der Waals surface area contributed by atoms with Crippen molar-refractivity contribution >= 4 is 26.9 Å². The highest BCUT2D eigenvalue weighted by molar-refractivity contribution is 7.89. The van der Waals surface area contributed by atoms with E-state index in [9.17, 15) is 13.2 Å². The Hall–Kier alpha value is -2.19. The maximum Gasteiger partial charge on any atom is 0.410 e. The Morgan fingerprint density at radius 1 is 1.34 bits per heavy atom. The van der Waals surface area contributed by atoms with Crippen LogP contribution in [0.15, 0.2) is 41.6 Å². The molecule has 1 saturated heterocycles. The fraction of sp³-hybridized carbons (Fsp3) is 0.524. The molecule has 1 aromatic heterocycles. The van der Waals surface area contributed by atoms with Crippen LogP contribution in [0.2, 0.25) is 0 Å². The van der Waals surface area contributed by atoms with E-state index in [4.69, 9.17) is 4.74 Å². The van der Waals surface area contributed by atoms with Crippen molar-refractivity contribution in [2.75, 3.05) is 19.6 Å². The number of rotatable bonds is 4. The van der Waals surface area contributed by atoms with E-state index in [2.05, 4.69) is 4.98 Å². The van der Waals surface area contributed by atoms with Crippen LogP contribution in [0.4, 0.5) is 4.79 Å². The molecule has 7 nitrogen and oxygen atoms in total. The Morgan fingerprint density at radius 2 is 2.10 bits per heavy atom. The summed E-state index contributed by atoms with van der Waals surface area (Å²) in [6, 6.07) is 6.96. The number of nitrogens with zero attached hydrogens (tertiary/aromatic N) is 3. The molecule has 0 bridgehead atoms. The van der Waals surface area contributed by atoms with Crippen molar-refractivity contribution in [2.45, 2.75) is 50.2 Å². The molecule has 156 valence electrons. The van der Waals surface area contributed by atoms with Crippen molar-refractivity contribution < 1.29 is 17.9 Å². The first kappa shape index (κ1) is 20.1. The van der Waals surface area contributed by atoms with Gasteiger partial charge in [-0.15, -0.1) is 0 Å². The van der Waals surface area contributed by atoms with E-state index in [1.165, 1.54) is 4.31 Å². The fourth-order valence-electron chi connectivity index (χ4n) is 4.41. The van der Waals surface area contributed by atoms with Crippen LogP contribution in [0.5, 0.6) is 0 Å². The third-order valence-electron chi connectivity index (χ3n) is 5.80. The van der Waals surface area contributed by atoms with Gasteiger partial charge in [0, 0.05) is 42.8 Å². The first-order valence-corrected chi connectivity index (χ1v) is 11.4. The van der Waals surface area contributed by atoms with Gasteiger partial charge in [0.15, 0.2) is 0 Å². The second-order valence-corrected chi connectivity index (χ2v) is 10.8. The molecule has 2 aromatic rings. The standard InChI is InChI=1S/C21H27N3O4S/c1-5-24(19(25)28-20(2,3)4)21-11-16(21)13-23(14-21)29(26,27)18-8-6-7-15-12-22-10-9-17(15)18/h6-10,12,16H,5,11,13-14H2,1-4H3. The number of pyridine rings is 1. The highest BCUT2D eigenvalue weighted by Gasteiger charge is 2.66. The van der Waals surface area contributed by atoms with Crippen molar-refractivity contribution in [2.24, 2.45) is 5.92 Å². The lowest BCUT2D eigenvalue weighted by Crippen LogP contribution is -2.48. The number of ether oxygens (including phenoxy) is 1. The summed E-state index contributed by atoms with van der Waals surface area (Å²) in [5, 5.41) is 1.45. The minimum atomic E-state index is -3.68. The van der Waals surface area contributed by atoms with Gasteiger partial charge < -0.3 is 9.64 Å². The molecular formula is C21H27N3O4S. The molecule has 2 atom stereocenters. The third kappa shape index (κ3) is 3.38. The van der Waals surface area contributed by atoms with Crippen molar-refractivity contribution in [3.8, 4) is 0 Å². The van der Waals surface area contributed by atoms with E-state index in [-0.39, 0.29) is 16.9 Å². The number of amides is 1. The monoisotopic (exact) mass is 417 g/mol. The number of hydrogen-bond acceptors (Lipinski definition) is 5. The maximum atomic E-state index is 13.4. The summed E-state index contributed by atoms with van der Waals surface area (Å²) >= 11 is 0. The van der Waals surface area contributed by atoms with E-state index in [0.717, 1.165) is 11.8 Å². The van der Waals surface area contributed by atoms with Crippen molar-refractivity contribution in [1.29, 1.82) is 0 Å². The Labute approximate surface area is 171 Å². The summed E-state index contributed by atoms with van der Waals surface area (Å²) in [6.07, 6.45) is 3.70. The number of piperidine rings is 1. The highest BCUT2D eigenvalue weighted by Crippen LogP contribution is 2.55. The smallest absolute Gasteiger partial charge is 0.410 e. The van der Waals surface area contributed by atoms with Gasteiger partial charge in [-0.3, -0.25) is 4.98 Å². The summed E-state index contributed by atoms with van der Waals surface area (Å²) in [7, 11) is -3.68. The average molecular weight is 418 g/mol. The molecule has 0 N–H and O–H groups in total. The summed E-state index contributed by atoms with van der Waals surface area (Å²) in [4.78, 5) is 18.8. The fourth-order valence-corrected chi connectivity index (χ4v) is 6.17. The average Bonchev–Trinajstić information content (AvgIpc) is 3.20. The lowest BCUT2D eigenvalue weighted by Gasteiger charge is -2.33. The topological polar surface area (TPSA) is 79.8 Å². The Bertz CT molecular complexity index is 1060. The lowest BCUT2D eigenvalue weighted by molar-refractivity contribution is 0.0138. The summed E-state index contributed by atoms with van der Waals surface area (Å²) in [5.41, 5.74) is -1.05. The van der Waals surface area contributed by atoms with Crippen molar-refractivity contribution in [3.63, 3.8) is 0 Å². The van der Waals surface area contributed by atoms with Crippen LogP contribution in [0.1, 0.15) is 34.1 Å². The molecule has 4 rings (SSSR count). The van der Waals surface area contributed by atoms with Crippen molar-refractivity contribution in [1.82, 2.24) is 14.2 Å². The zero-order chi connectivity index (χ0) is 21.0. The summed E-state index contributed by atoms with van der Waals surface area (Å²) in [5.74, 6) is 0.140. The molecule has 0 radical (unpaired) electrons. The van der Waals surface area contributed by atoms with Gasteiger partial charge in [0.2, 0.25) is 10.0 Å². The first-order chi connectivity index (χ1) is 13.6. The SMILES string of the molecule is CCN(C(=O)OC(C)(C)C)C12CC1CN(S(=O)(=O)c1cccc3cnccc13)C2. The normalized spacial score (nSPS) is 24.3. The minimum absolute atomic E-state index is 0.140. The zero-order valence-corrected chi connectivity index (χ0v) is 18.1. The number of likely N-dealkylation sites (N-methyl/N-ethyl adjacent to an activating group) is 1. The van der Waals surface area contributed by atoms with E-state index in [0.29, 0.717) is 25.0 Å². The zero-order valence-electron chi connectivity index (χ0n) is 17.3. The van der Waals surface area contributed by atoms with Crippen molar-refractivity contribution in [3.05, 3.63) is 36.7 Å². The van der Waals surface area contributed by atoms with Crippen LogP contribution in [0, 0.1) is 5.92 Å². The van der Waals surface area contributed by atoms with Crippen LogP contribution in [-0.2, 0) is 14.8 Å². The molecule has 29 heavy (non-hydrogen) atoms. The van der Waals surface area contributed by atoms with Gasteiger partial charge in [0.05, 0.1) is 10.4 Å². The van der Waals surface area contributed by atoms with Gasteiger partial charge in [-0.05, 0) is 52.2 Å². The predicted octanol–water partition coefficient (Wildman–Crippen LogP) is 3.25. The van der Waals surface area contributed by atoms with Gasteiger partial charge in [0.1, 0.15) is 5.60 Å². The predicted molar refractivity (Wildman–Crippen MR) is 110 cm³/mol. The molecule has 2 aliphatic rings. The molecule has 2 unspecified atom stereocenters. The molecule has 1 amide bonds. The number of benzene rings is 1. The maximum absolute atomic E-state index is 13.4. The second kappa shape index (κ2) is 6.67. The van der Waals surface area contributed by atoms with Crippen LogP contribution in [-0.4, -0.2) is 59.5 Å². The van der Waals surface area contributed by atoms with Crippen LogP contribution in [0.25, 0.3) is 10.8 Å². The van der Waals surface area contributed by atoms with Crippen LogP contribution >= 0.6 is 0 Å². The van der Waals surface area contributed by atoms with Crippen LogP contribution < -0.4 is 0 Å². The number of hydrogen-bond donors (Lipinski definition) is 0. The Morgan fingerprint density at radius 3 is 2.79 bits per heavy atom. The quantitative estimate of drug-likeness (QED) is 0.763. The molecular weight excluding hydrogens is 390 g/mol. The van der Waals surface area contributed by atoms with Gasteiger partial charge in [0.25, 0.3) is 0 Å². The Balaban J connectivity index is 1.62. The van der Waals surface area contributed by atoms with E-state index >= 15 is 0 Å². The molecule has 1 saturated carbocycles. The molecule has 0 spiro atoms. The molecule has 1 aliphatic heterocycles.